The average Bonchev–Trinajstić information content (AvgIpc) is 2.74. The average molecular weight is 282 g/mol. The van der Waals surface area contributed by atoms with Crippen LogP contribution in [-0.2, 0) is 15.9 Å². The summed E-state index contributed by atoms with van der Waals surface area (Å²) in [5.41, 5.74) is 0. The SMILES string of the molecule is CCCCN(C)S(=O)(=O)c1csc(CCl)c1. The molecule has 0 atom stereocenters. The van der Waals surface area contributed by atoms with Crippen LogP contribution in [-0.4, -0.2) is 26.3 Å². The van der Waals surface area contributed by atoms with Gasteiger partial charge >= 0.3 is 0 Å². The summed E-state index contributed by atoms with van der Waals surface area (Å²) in [7, 11) is -1.70. The lowest BCUT2D eigenvalue weighted by atomic mass is 10.3. The van der Waals surface area contributed by atoms with E-state index in [9.17, 15) is 8.42 Å². The number of nitrogens with zero attached hydrogens (tertiary/aromatic N) is 1. The van der Waals surface area contributed by atoms with Gasteiger partial charge in [-0.1, -0.05) is 13.3 Å². The Bertz CT molecular complexity index is 428. The summed E-state index contributed by atoms with van der Waals surface area (Å²) in [5, 5.41) is 1.65. The van der Waals surface area contributed by atoms with Crippen LogP contribution in [0.1, 0.15) is 24.6 Å². The maximum atomic E-state index is 12.1. The van der Waals surface area contributed by atoms with Gasteiger partial charge in [-0.15, -0.1) is 22.9 Å². The molecule has 1 rings (SSSR count). The summed E-state index contributed by atoms with van der Waals surface area (Å²) in [4.78, 5) is 1.23. The van der Waals surface area contributed by atoms with E-state index in [2.05, 4.69) is 0 Å². The second kappa shape index (κ2) is 6.00. The second-order valence-electron chi connectivity index (χ2n) is 3.56. The van der Waals surface area contributed by atoms with Crippen molar-refractivity contribution in [2.45, 2.75) is 30.5 Å². The number of alkyl halides is 1. The predicted octanol–water partition coefficient (Wildman–Crippen LogP) is 2.91. The lowest BCUT2D eigenvalue weighted by Crippen LogP contribution is -2.27. The van der Waals surface area contributed by atoms with E-state index in [-0.39, 0.29) is 0 Å². The fraction of sp³-hybridized carbons (Fsp3) is 0.600. The fourth-order valence-corrected chi connectivity index (χ4v) is 3.83. The molecule has 1 heterocycles. The highest BCUT2D eigenvalue weighted by molar-refractivity contribution is 7.89. The molecule has 0 amide bonds. The molecule has 0 aliphatic carbocycles. The molecule has 0 spiro atoms. The van der Waals surface area contributed by atoms with E-state index in [4.69, 9.17) is 11.6 Å². The molecule has 3 nitrogen and oxygen atoms in total. The molecule has 92 valence electrons. The molecule has 0 aliphatic rings. The molecule has 1 aromatic heterocycles. The first kappa shape index (κ1) is 14.0. The minimum atomic E-state index is -3.32. The topological polar surface area (TPSA) is 37.4 Å². The maximum Gasteiger partial charge on any atom is 0.243 e. The first-order valence-electron chi connectivity index (χ1n) is 5.12. The van der Waals surface area contributed by atoms with Crippen molar-refractivity contribution in [1.29, 1.82) is 0 Å². The molecular weight excluding hydrogens is 266 g/mol. The minimum Gasteiger partial charge on any atom is -0.207 e. The Kier molecular flexibility index (Phi) is 5.24. The van der Waals surface area contributed by atoms with Gasteiger partial charge in [-0.2, -0.15) is 0 Å². The van der Waals surface area contributed by atoms with Crippen LogP contribution < -0.4 is 0 Å². The normalized spacial score (nSPS) is 12.2. The maximum absolute atomic E-state index is 12.1. The Balaban J connectivity index is 2.84. The zero-order valence-electron chi connectivity index (χ0n) is 9.44. The molecule has 6 heteroatoms. The van der Waals surface area contributed by atoms with Crippen LogP contribution in [0.5, 0.6) is 0 Å². The lowest BCUT2D eigenvalue weighted by molar-refractivity contribution is 0.459. The molecule has 0 radical (unpaired) electrons. The number of hydrogen-bond donors (Lipinski definition) is 0. The van der Waals surface area contributed by atoms with Gasteiger partial charge in [0.05, 0.1) is 10.8 Å². The Hall–Kier alpha value is -0.100. The van der Waals surface area contributed by atoms with E-state index in [1.807, 2.05) is 6.92 Å². The quantitative estimate of drug-likeness (QED) is 0.752. The van der Waals surface area contributed by atoms with Crippen molar-refractivity contribution in [3.05, 3.63) is 16.3 Å². The van der Waals surface area contributed by atoms with Crippen LogP contribution in [0.3, 0.4) is 0 Å². The zero-order chi connectivity index (χ0) is 12.2. The number of rotatable bonds is 6. The van der Waals surface area contributed by atoms with Crippen molar-refractivity contribution in [2.75, 3.05) is 13.6 Å². The molecule has 0 saturated carbocycles. The molecule has 0 aliphatic heterocycles. The molecule has 0 bridgehead atoms. The van der Waals surface area contributed by atoms with Gasteiger partial charge < -0.3 is 0 Å². The van der Waals surface area contributed by atoms with Crippen LogP contribution in [0.2, 0.25) is 0 Å². The van der Waals surface area contributed by atoms with E-state index in [0.717, 1.165) is 17.7 Å². The Morgan fingerprint density at radius 3 is 2.69 bits per heavy atom. The molecule has 0 unspecified atom stereocenters. The van der Waals surface area contributed by atoms with E-state index < -0.39 is 10.0 Å². The van der Waals surface area contributed by atoms with Crippen molar-refractivity contribution < 1.29 is 8.42 Å². The van der Waals surface area contributed by atoms with Gasteiger partial charge in [0.15, 0.2) is 0 Å². The highest BCUT2D eigenvalue weighted by Gasteiger charge is 2.21. The first-order chi connectivity index (χ1) is 7.52. The fourth-order valence-electron chi connectivity index (χ4n) is 1.25. The lowest BCUT2D eigenvalue weighted by Gasteiger charge is -2.15. The van der Waals surface area contributed by atoms with Gasteiger partial charge in [-0.25, -0.2) is 12.7 Å². The number of hydrogen-bond acceptors (Lipinski definition) is 3. The van der Waals surface area contributed by atoms with Gasteiger partial charge in [0, 0.05) is 23.8 Å². The number of thiophene rings is 1. The molecule has 0 aromatic carbocycles. The third-order valence-corrected chi connectivity index (χ3v) is 5.66. The van der Waals surface area contributed by atoms with Gasteiger partial charge in [0.25, 0.3) is 0 Å². The number of unbranched alkanes of at least 4 members (excludes halogenated alkanes) is 1. The van der Waals surface area contributed by atoms with E-state index in [0.29, 0.717) is 17.3 Å². The molecule has 0 fully saturated rings. The zero-order valence-corrected chi connectivity index (χ0v) is 11.8. The standard InChI is InChI=1S/C10H16ClNO2S2/c1-3-4-5-12(2)16(13,14)10-6-9(7-11)15-8-10/h6,8H,3-5,7H2,1-2H3. The largest absolute Gasteiger partial charge is 0.243 e. The Morgan fingerprint density at radius 2 is 2.19 bits per heavy atom. The third kappa shape index (κ3) is 3.20. The minimum absolute atomic E-state index is 0.353. The molecule has 0 saturated heterocycles. The van der Waals surface area contributed by atoms with Gasteiger partial charge in [-0.05, 0) is 12.5 Å². The van der Waals surface area contributed by atoms with Crippen LogP contribution in [0, 0.1) is 0 Å². The summed E-state index contributed by atoms with van der Waals surface area (Å²) in [5.74, 6) is 0.360. The Morgan fingerprint density at radius 1 is 1.50 bits per heavy atom. The van der Waals surface area contributed by atoms with Gasteiger partial charge in [-0.3, -0.25) is 0 Å². The van der Waals surface area contributed by atoms with Crippen LogP contribution >= 0.6 is 22.9 Å². The summed E-state index contributed by atoms with van der Waals surface area (Å²) < 4.78 is 25.5. The van der Waals surface area contributed by atoms with Crippen molar-refractivity contribution in [1.82, 2.24) is 4.31 Å². The molecule has 16 heavy (non-hydrogen) atoms. The van der Waals surface area contributed by atoms with Crippen molar-refractivity contribution in [2.24, 2.45) is 0 Å². The monoisotopic (exact) mass is 281 g/mol. The van der Waals surface area contributed by atoms with E-state index >= 15 is 0 Å². The van der Waals surface area contributed by atoms with Crippen molar-refractivity contribution in [3.63, 3.8) is 0 Å². The highest BCUT2D eigenvalue weighted by atomic mass is 35.5. The predicted molar refractivity (Wildman–Crippen MR) is 68.6 cm³/mol. The van der Waals surface area contributed by atoms with Crippen LogP contribution in [0.25, 0.3) is 0 Å². The molecule has 1 aromatic rings. The van der Waals surface area contributed by atoms with Crippen molar-refractivity contribution >= 4 is 33.0 Å². The summed E-state index contributed by atoms with van der Waals surface area (Å²) in [6.07, 6.45) is 1.86. The van der Waals surface area contributed by atoms with Crippen molar-refractivity contribution in [3.8, 4) is 0 Å². The van der Waals surface area contributed by atoms with Gasteiger partial charge in [0.1, 0.15) is 0 Å². The van der Waals surface area contributed by atoms with Crippen LogP contribution in [0.15, 0.2) is 16.3 Å². The van der Waals surface area contributed by atoms with E-state index in [1.54, 1.807) is 18.5 Å². The summed E-state index contributed by atoms with van der Waals surface area (Å²) in [6, 6.07) is 1.65. The summed E-state index contributed by atoms with van der Waals surface area (Å²) >= 11 is 7.04. The highest BCUT2D eigenvalue weighted by Crippen LogP contribution is 2.23. The summed E-state index contributed by atoms with van der Waals surface area (Å²) in [6.45, 7) is 2.60. The first-order valence-corrected chi connectivity index (χ1v) is 7.97. The number of halogens is 1. The number of sulfonamides is 1. The molecule has 0 N–H and O–H groups in total. The smallest absolute Gasteiger partial charge is 0.207 e. The van der Waals surface area contributed by atoms with Gasteiger partial charge in [0.2, 0.25) is 10.0 Å². The second-order valence-corrected chi connectivity index (χ2v) is 6.87. The Labute approximate surface area is 106 Å². The van der Waals surface area contributed by atoms with Crippen LogP contribution in [0.4, 0.5) is 0 Å². The third-order valence-electron chi connectivity index (χ3n) is 2.30. The molecular formula is C10H16ClNO2S2. The van der Waals surface area contributed by atoms with E-state index in [1.165, 1.54) is 15.6 Å².